The van der Waals surface area contributed by atoms with Gasteiger partial charge in [-0.3, -0.25) is 0 Å². The number of nitrogens with one attached hydrogen (secondary N) is 1. The lowest BCUT2D eigenvalue weighted by molar-refractivity contribution is 0.388. The maximum Gasteiger partial charge on any atom is 0.161 e. The number of pyridine rings is 1. The van der Waals surface area contributed by atoms with Crippen LogP contribution >= 0.6 is 23.2 Å². The molecule has 0 aromatic carbocycles. The Bertz CT molecular complexity index is 438. The second-order valence-electron chi connectivity index (χ2n) is 4.95. The lowest BCUT2D eigenvalue weighted by atomic mass is 9.95. The predicted octanol–water partition coefficient (Wildman–Crippen LogP) is 3.30. The molecule has 100 valence electrons. The van der Waals surface area contributed by atoms with Crippen LogP contribution in [0.3, 0.4) is 0 Å². The van der Waals surface area contributed by atoms with E-state index in [4.69, 9.17) is 29.0 Å². The van der Waals surface area contributed by atoms with Crippen LogP contribution in [0.25, 0.3) is 0 Å². The summed E-state index contributed by atoms with van der Waals surface area (Å²) in [6.07, 6.45) is 2.39. The zero-order valence-electron chi connectivity index (χ0n) is 10.6. The van der Waals surface area contributed by atoms with Crippen LogP contribution in [0.5, 0.6) is 0 Å². The van der Waals surface area contributed by atoms with Gasteiger partial charge in [0.05, 0.1) is 10.0 Å². The molecule has 6 heteroatoms. The van der Waals surface area contributed by atoms with Crippen molar-refractivity contribution >= 4 is 34.8 Å². The number of nitrogens with zero attached hydrogens (tertiary/aromatic N) is 2. The summed E-state index contributed by atoms with van der Waals surface area (Å²) >= 11 is 12.2. The van der Waals surface area contributed by atoms with E-state index in [2.05, 4.69) is 29.2 Å². The maximum absolute atomic E-state index is 6.25. The third-order valence-corrected chi connectivity index (χ3v) is 4.00. The summed E-state index contributed by atoms with van der Waals surface area (Å²) in [5.41, 5.74) is 2.50. The predicted molar refractivity (Wildman–Crippen MR) is 77.3 cm³/mol. The summed E-state index contributed by atoms with van der Waals surface area (Å²) in [6, 6.07) is 2.12. The first kappa shape index (κ1) is 13.7. The summed E-state index contributed by atoms with van der Waals surface area (Å²) in [5.74, 6) is 7.26. The second kappa shape index (κ2) is 5.51. The lowest BCUT2D eigenvalue weighted by Crippen LogP contribution is -2.41. The van der Waals surface area contributed by atoms with Crippen LogP contribution in [-0.2, 0) is 0 Å². The number of nitrogens with two attached hydrogens (primary N) is 1. The standard InChI is InChI=1S/C12H18Cl2N4/c1-7-3-4-8(2)18(6-7)12-10(14)5-9(13)11(16-12)17-15/h5,7-8H,3-4,6,15H2,1-2H3,(H,16,17). The summed E-state index contributed by atoms with van der Waals surface area (Å²) in [6.45, 7) is 5.39. The molecule has 0 aliphatic carbocycles. The molecule has 2 rings (SSSR count). The van der Waals surface area contributed by atoms with E-state index in [0.29, 0.717) is 27.8 Å². The SMILES string of the molecule is CC1CCC(C)N(c2nc(NN)c(Cl)cc2Cl)C1. The molecule has 0 radical (unpaired) electrons. The molecule has 0 amide bonds. The molecule has 3 N–H and O–H groups in total. The van der Waals surface area contributed by atoms with Crippen molar-refractivity contribution in [2.75, 3.05) is 16.9 Å². The number of anilines is 2. The second-order valence-corrected chi connectivity index (χ2v) is 5.77. The number of nitrogen functional groups attached to an aromatic ring is 1. The van der Waals surface area contributed by atoms with Crippen LogP contribution in [0.2, 0.25) is 10.0 Å². The molecule has 0 bridgehead atoms. The summed E-state index contributed by atoms with van der Waals surface area (Å²) in [4.78, 5) is 6.65. The summed E-state index contributed by atoms with van der Waals surface area (Å²) in [7, 11) is 0. The molecule has 1 aromatic rings. The smallest absolute Gasteiger partial charge is 0.161 e. The van der Waals surface area contributed by atoms with Crippen LogP contribution in [0, 0.1) is 5.92 Å². The van der Waals surface area contributed by atoms with Gasteiger partial charge >= 0.3 is 0 Å². The molecule has 0 saturated carbocycles. The van der Waals surface area contributed by atoms with Gasteiger partial charge in [0.2, 0.25) is 0 Å². The molecule has 2 unspecified atom stereocenters. The van der Waals surface area contributed by atoms with Crippen molar-refractivity contribution in [1.82, 2.24) is 4.98 Å². The van der Waals surface area contributed by atoms with Crippen molar-refractivity contribution in [2.45, 2.75) is 32.7 Å². The van der Waals surface area contributed by atoms with E-state index in [1.54, 1.807) is 6.07 Å². The molecule has 18 heavy (non-hydrogen) atoms. The van der Waals surface area contributed by atoms with Gasteiger partial charge in [-0.25, -0.2) is 10.8 Å². The van der Waals surface area contributed by atoms with Gasteiger partial charge in [0.15, 0.2) is 5.82 Å². The van der Waals surface area contributed by atoms with Gasteiger partial charge in [0.1, 0.15) is 5.82 Å². The number of aromatic nitrogens is 1. The van der Waals surface area contributed by atoms with Crippen LogP contribution in [0.4, 0.5) is 11.6 Å². The molecule has 2 atom stereocenters. The van der Waals surface area contributed by atoms with Gasteiger partial charge in [-0.2, -0.15) is 0 Å². The minimum Gasteiger partial charge on any atom is -0.352 e. The van der Waals surface area contributed by atoms with Gasteiger partial charge in [-0.05, 0) is 31.7 Å². The molecule has 1 saturated heterocycles. The van der Waals surface area contributed by atoms with Crippen molar-refractivity contribution < 1.29 is 0 Å². The average molecular weight is 289 g/mol. The molecule has 0 spiro atoms. The third kappa shape index (κ3) is 2.66. The van der Waals surface area contributed by atoms with Gasteiger partial charge in [-0.15, -0.1) is 0 Å². The fourth-order valence-electron chi connectivity index (χ4n) is 2.34. The molecule has 1 aliphatic heterocycles. The van der Waals surface area contributed by atoms with Gasteiger partial charge in [0, 0.05) is 12.6 Å². The van der Waals surface area contributed by atoms with Crippen LogP contribution in [0.1, 0.15) is 26.7 Å². The molecule has 1 aromatic heterocycles. The van der Waals surface area contributed by atoms with Gasteiger partial charge in [0.25, 0.3) is 0 Å². The van der Waals surface area contributed by atoms with Crippen molar-refractivity contribution in [2.24, 2.45) is 11.8 Å². The van der Waals surface area contributed by atoms with E-state index >= 15 is 0 Å². The maximum atomic E-state index is 6.25. The van der Waals surface area contributed by atoms with E-state index in [0.717, 1.165) is 18.8 Å². The van der Waals surface area contributed by atoms with E-state index in [1.807, 2.05) is 0 Å². The van der Waals surface area contributed by atoms with Crippen molar-refractivity contribution in [3.8, 4) is 0 Å². The number of piperidine rings is 1. The van der Waals surface area contributed by atoms with Gasteiger partial charge in [-0.1, -0.05) is 30.1 Å². The first-order valence-electron chi connectivity index (χ1n) is 6.12. The number of halogens is 2. The molecule has 1 aliphatic rings. The Balaban J connectivity index is 2.36. The number of hydrazine groups is 1. The fourth-order valence-corrected chi connectivity index (χ4v) is 2.86. The van der Waals surface area contributed by atoms with E-state index in [9.17, 15) is 0 Å². The first-order valence-corrected chi connectivity index (χ1v) is 6.87. The topological polar surface area (TPSA) is 54.2 Å². The minimum absolute atomic E-state index is 0.429. The molecule has 4 nitrogen and oxygen atoms in total. The number of hydrogen-bond donors (Lipinski definition) is 2. The molecular weight excluding hydrogens is 271 g/mol. The Morgan fingerprint density at radius 2 is 2.06 bits per heavy atom. The van der Waals surface area contributed by atoms with E-state index < -0.39 is 0 Å². The zero-order chi connectivity index (χ0) is 13.3. The van der Waals surface area contributed by atoms with Crippen molar-refractivity contribution in [3.63, 3.8) is 0 Å². The third-order valence-electron chi connectivity index (χ3n) is 3.44. The fraction of sp³-hybridized carbons (Fsp3) is 0.583. The minimum atomic E-state index is 0.429. The normalized spacial score (nSPS) is 24.2. The highest BCUT2D eigenvalue weighted by Crippen LogP contribution is 2.35. The Morgan fingerprint density at radius 3 is 2.72 bits per heavy atom. The number of hydrogen-bond acceptors (Lipinski definition) is 4. The molecule has 1 fully saturated rings. The quantitative estimate of drug-likeness (QED) is 0.648. The first-order chi connectivity index (χ1) is 8.52. The van der Waals surface area contributed by atoms with Crippen LogP contribution in [0.15, 0.2) is 6.07 Å². The largest absolute Gasteiger partial charge is 0.352 e. The van der Waals surface area contributed by atoms with Crippen LogP contribution < -0.4 is 16.2 Å². The molecular formula is C12H18Cl2N4. The Hall–Kier alpha value is -0.710. The Morgan fingerprint density at radius 1 is 1.33 bits per heavy atom. The monoisotopic (exact) mass is 288 g/mol. The Kier molecular flexibility index (Phi) is 4.20. The number of rotatable bonds is 2. The van der Waals surface area contributed by atoms with Crippen molar-refractivity contribution in [1.29, 1.82) is 0 Å². The lowest BCUT2D eigenvalue weighted by Gasteiger charge is -2.38. The highest BCUT2D eigenvalue weighted by molar-refractivity contribution is 6.37. The summed E-state index contributed by atoms with van der Waals surface area (Å²) < 4.78 is 0. The zero-order valence-corrected chi connectivity index (χ0v) is 12.1. The highest BCUT2D eigenvalue weighted by atomic mass is 35.5. The van der Waals surface area contributed by atoms with Crippen LogP contribution in [-0.4, -0.2) is 17.6 Å². The van der Waals surface area contributed by atoms with Gasteiger partial charge < -0.3 is 10.3 Å². The van der Waals surface area contributed by atoms with E-state index in [1.165, 1.54) is 6.42 Å². The van der Waals surface area contributed by atoms with E-state index in [-0.39, 0.29) is 0 Å². The summed E-state index contributed by atoms with van der Waals surface area (Å²) in [5, 5.41) is 1.00. The molecule has 2 heterocycles. The Labute approximate surface area is 117 Å². The highest BCUT2D eigenvalue weighted by Gasteiger charge is 2.26. The average Bonchev–Trinajstić information content (AvgIpc) is 2.33. The van der Waals surface area contributed by atoms with Crippen molar-refractivity contribution in [3.05, 3.63) is 16.1 Å².